The zero-order chi connectivity index (χ0) is 14.5. The minimum atomic E-state index is -0.414. The molecule has 108 valence electrons. The summed E-state index contributed by atoms with van der Waals surface area (Å²) in [5.41, 5.74) is 3.05. The first-order chi connectivity index (χ1) is 9.58. The highest BCUT2D eigenvalue weighted by molar-refractivity contribution is 5.20. The smallest absolute Gasteiger partial charge is 0.138 e. The van der Waals surface area contributed by atoms with Crippen LogP contribution in [-0.4, -0.2) is 28.8 Å². The molecular weight excluding hydrogens is 252 g/mol. The molecule has 4 heteroatoms. The summed E-state index contributed by atoms with van der Waals surface area (Å²) in [6.45, 7) is 5.50. The maximum Gasteiger partial charge on any atom is 0.138 e. The Morgan fingerprint density at radius 2 is 1.95 bits per heavy atom. The predicted octanol–water partition coefficient (Wildman–Crippen LogP) is 2.85. The molecule has 0 unspecified atom stereocenters. The van der Waals surface area contributed by atoms with Crippen molar-refractivity contribution in [3.05, 3.63) is 52.9 Å². The lowest BCUT2D eigenvalue weighted by atomic mass is 10.1. The van der Waals surface area contributed by atoms with E-state index in [1.807, 2.05) is 51.2 Å². The molecule has 0 radical (unpaired) electrons. The number of aromatic nitrogens is 1. The topological polar surface area (TPSA) is 49.5 Å². The first-order valence-electron chi connectivity index (χ1n) is 6.91. The minimum absolute atomic E-state index is 0.414. The standard InChI is InChI=1S/C16H22N2O2/c1-12-15(13(2)20-17-12)11-18(3)10-9-16(19)14-7-5-4-6-8-14/h4-8,16,19H,9-11H2,1-3H3/t16-/m1/s1. The van der Waals surface area contributed by atoms with Crippen LogP contribution in [0.4, 0.5) is 0 Å². The molecule has 0 aliphatic carbocycles. The van der Waals surface area contributed by atoms with Crippen molar-refractivity contribution in [1.82, 2.24) is 10.1 Å². The molecule has 1 aromatic carbocycles. The lowest BCUT2D eigenvalue weighted by molar-refractivity contribution is 0.147. The number of aliphatic hydroxyl groups excluding tert-OH is 1. The Balaban J connectivity index is 1.85. The molecule has 0 saturated carbocycles. The number of aryl methyl sites for hydroxylation is 2. The zero-order valence-electron chi connectivity index (χ0n) is 12.3. The third kappa shape index (κ3) is 3.68. The summed E-state index contributed by atoms with van der Waals surface area (Å²) < 4.78 is 5.17. The van der Waals surface area contributed by atoms with Gasteiger partial charge in [0.05, 0.1) is 11.8 Å². The lowest BCUT2D eigenvalue weighted by Gasteiger charge is -2.19. The highest BCUT2D eigenvalue weighted by atomic mass is 16.5. The Labute approximate surface area is 120 Å². The van der Waals surface area contributed by atoms with Crippen LogP contribution in [0.3, 0.4) is 0 Å². The van der Waals surface area contributed by atoms with Gasteiger partial charge in [-0.15, -0.1) is 0 Å². The van der Waals surface area contributed by atoms with Crippen molar-refractivity contribution in [3.8, 4) is 0 Å². The van der Waals surface area contributed by atoms with Crippen molar-refractivity contribution in [2.24, 2.45) is 0 Å². The average Bonchev–Trinajstić information content (AvgIpc) is 2.77. The summed E-state index contributed by atoms with van der Waals surface area (Å²) in [5, 5.41) is 14.1. The van der Waals surface area contributed by atoms with Crippen LogP contribution in [0.25, 0.3) is 0 Å². The van der Waals surface area contributed by atoms with Crippen LogP contribution in [0.5, 0.6) is 0 Å². The van der Waals surface area contributed by atoms with Gasteiger partial charge in [0, 0.05) is 18.7 Å². The second kappa shape index (κ2) is 6.68. The molecule has 0 fully saturated rings. The Morgan fingerprint density at radius 3 is 2.55 bits per heavy atom. The molecule has 1 aromatic heterocycles. The number of hydrogen-bond donors (Lipinski definition) is 1. The fourth-order valence-corrected chi connectivity index (χ4v) is 2.26. The Hall–Kier alpha value is -1.65. The summed E-state index contributed by atoms with van der Waals surface area (Å²) in [6, 6.07) is 9.77. The van der Waals surface area contributed by atoms with Gasteiger partial charge in [-0.1, -0.05) is 35.5 Å². The molecule has 1 N–H and O–H groups in total. The summed E-state index contributed by atoms with van der Waals surface area (Å²) in [7, 11) is 2.05. The van der Waals surface area contributed by atoms with Gasteiger partial charge in [0.15, 0.2) is 0 Å². The maximum atomic E-state index is 10.1. The molecule has 4 nitrogen and oxygen atoms in total. The van der Waals surface area contributed by atoms with Gasteiger partial charge in [-0.3, -0.25) is 0 Å². The first kappa shape index (κ1) is 14.8. The van der Waals surface area contributed by atoms with Crippen LogP contribution in [0, 0.1) is 13.8 Å². The second-order valence-electron chi connectivity index (χ2n) is 5.26. The molecule has 0 aliphatic heterocycles. The lowest BCUT2D eigenvalue weighted by Crippen LogP contribution is -2.21. The highest BCUT2D eigenvalue weighted by Crippen LogP contribution is 2.18. The molecule has 1 heterocycles. The fraction of sp³-hybridized carbons (Fsp3) is 0.438. The van der Waals surface area contributed by atoms with Crippen molar-refractivity contribution < 1.29 is 9.63 Å². The molecule has 0 saturated heterocycles. The van der Waals surface area contributed by atoms with E-state index in [9.17, 15) is 5.11 Å². The summed E-state index contributed by atoms with van der Waals surface area (Å²) in [5.74, 6) is 0.873. The van der Waals surface area contributed by atoms with Gasteiger partial charge in [-0.25, -0.2) is 0 Å². The quantitative estimate of drug-likeness (QED) is 0.880. The Bertz CT molecular complexity index is 517. The first-order valence-corrected chi connectivity index (χ1v) is 6.91. The number of aliphatic hydroxyl groups is 1. The summed E-state index contributed by atoms with van der Waals surface area (Å²) >= 11 is 0. The van der Waals surface area contributed by atoms with E-state index in [0.717, 1.165) is 35.7 Å². The van der Waals surface area contributed by atoms with E-state index in [1.54, 1.807) is 0 Å². The molecule has 0 amide bonds. The number of hydrogen-bond acceptors (Lipinski definition) is 4. The van der Waals surface area contributed by atoms with Gasteiger partial charge >= 0.3 is 0 Å². The van der Waals surface area contributed by atoms with Crippen molar-refractivity contribution in [2.75, 3.05) is 13.6 Å². The van der Waals surface area contributed by atoms with Crippen LogP contribution in [0.2, 0.25) is 0 Å². The number of benzene rings is 1. The summed E-state index contributed by atoms with van der Waals surface area (Å²) in [4.78, 5) is 2.18. The van der Waals surface area contributed by atoms with E-state index in [-0.39, 0.29) is 0 Å². The van der Waals surface area contributed by atoms with Crippen molar-refractivity contribution in [3.63, 3.8) is 0 Å². The molecular formula is C16H22N2O2. The number of nitrogens with zero attached hydrogens (tertiary/aromatic N) is 2. The van der Waals surface area contributed by atoms with E-state index in [1.165, 1.54) is 0 Å². The van der Waals surface area contributed by atoms with Gasteiger partial charge < -0.3 is 14.5 Å². The molecule has 2 aromatic rings. The van der Waals surface area contributed by atoms with Crippen molar-refractivity contribution in [1.29, 1.82) is 0 Å². The van der Waals surface area contributed by atoms with Gasteiger partial charge in [0.25, 0.3) is 0 Å². The van der Waals surface area contributed by atoms with E-state index < -0.39 is 6.10 Å². The monoisotopic (exact) mass is 274 g/mol. The van der Waals surface area contributed by atoms with Crippen LogP contribution < -0.4 is 0 Å². The van der Waals surface area contributed by atoms with Crippen LogP contribution in [0.15, 0.2) is 34.9 Å². The molecule has 0 aliphatic rings. The minimum Gasteiger partial charge on any atom is -0.388 e. The fourth-order valence-electron chi connectivity index (χ4n) is 2.26. The molecule has 0 bridgehead atoms. The molecule has 0 spiro atoms. The maximum absolute atomic E-state index is 10.1. The van der Waals surface area contributed by atoms with E-state index in [4.69, 9.17) is 4.52 Å². The third-order valence-electron chi connectivity index (χ3n) is 3.58. The van der Waals surface area contributed by atoms with Gasteiger partial charge in [0.2, 0.25) is 0 Å². The second-order valence-corrected chi connectivity index (χ2v) is 5.26. The Morgan fingerprint density at radius 1 is 1.25 bits per heavy atom. The molecule has 1 atom stereocenters. The van der Waals surface area contributed by atoms with Crippen molar-refractivity contribution in [2.45, 2.75) is 32.9 Å². The van der Waals surface area contributed by atoms with Crippen LogP contribution in [-0.2, 0) is 6.54 Å². The van der Waals surface area contributed by atoms with Crippen LogP contribution >= 0.6 is 0 Å². The SMILES string of the molecule is Cc1noc(C)c1CN(C)CC[C@@H](O)c1ccccc1. The largest absolute Gasteiger partial charge is 0.388 e. The van der Waals surface area contributed by atoms with Crippen molar-refractivity contribution >= 4 is 0 Å². The molecule has 2 rings (SSSR count). The molecule has 20 heavy (non-hydrogen) atoms. The number of rotatable bonds is 6. The van der Waals surface area contributed by atoms with Gasteiger partial charge in [-0.05, 0) is 32.9 Å². The average molecular weight is 274 g/mol. The zero-order valence-corrected chi connectivity index (χ0v) is 12.3. The van der Waals surface area contributed by atoms with E-state index >= 15 is 0 Å². The van der Waals surface area contributed by atoms with E-state index in [0.29, 0.717) is 6.42 Å². The predicted molar refractivity (Wildman–Crippen MR) is 78.3 cm³/mol. The third-order valence-corrected chi connectivity index (χ3v) is 3.58. The summed E-state index contributed by atoms with van der Waals surface area (Å²) in [6.07, 6.45) is 0.299. The van der Waals surface area contributed by atoms with Crippen LogP contribution in [0.1, 0.15) is 35.1 Å². The van der Waals surface area contributed by atoms with Gasteiger partial charge in [0.1, 0.15) is 5.76 Å². The Kier molecular flexibility index (Phi) is 4.93. The highest BCUT2D eigenvalue weighted by Gasteiger charge is 2.13. The normalized spacial score (nSPS) is 12.8. The van der Waals surface area contributed by atoms with Gasteiger partial charge in [-0.2, -0.15) is 0 Å². The van der Waals surface area contributed by atoms with E-state index in [2.05, 4.69) is 10.1 Å².